The first-order valence-electron chi connectivity index (χ1n) is 10.4. The van der Waals surface area contributed by atoms with Crippen LogP contribution in [0.25, 0.3) is 0 Å². The summed E-state index contributed by atoms with van der Waals surface area (Å²) in [4.78, 5) is 27.3. The minimum absolute atomic E-state index is 0.167. The molecule has 0 aliphatic heterocycles. The van der Waals surface area contributed by atoms with Crippen LogP contribution < -0.4 is 10.1 Å². The second-order valence-corrected chi connectivity index (χ2v) is 9.16. The van der Waals surface area contributed by atoms with E-state index in [4.69, 9.17) is 16.3 Å². The highest BCUT2D eigenvalue weighted by Gasteiger charge is 2.26. The molecule has 0 fully saturated rings. The van der Waals surface area contributed by atoms with Gasteiger partial charge >= 0.3 is 0 Å². The van der Waals surface area contributed by atoms with Crippen molar-refractivity contribution in [3.05, 3.63) is 63.1 Å². The highest BCUT2D eigenvalue weighted by atomic mass is 79.9. The second-order valence-electron chi connectivity index (χ2n) is 7.87. The van der Waals surface area contributed by atoms with E-state index < -0.39 is 6.04 Å². The van der Waals surface area contributed by atoms with Crippen molar-refractivity contribution in [1.82, 2.24) is 10.2 Å². The standard InChI is InChI=1S/C24H30BrClN2O3/c1-5-18-8-11-22(21(25)12-18)31-15-23(29)28(14-19-6-9-20(26)10-7-19)17(4)24(30)27-13-16(2)3/h6-12,16-17H,5,13-15H2,1-4H3,(H,27,30)/t17-/m1/s1. The van der Waals surface area contributed by atoms with Crippen LogP contribution in [-0.4, -0.2) is 35.9 Å². The molecule has 0 spiro atoms. The molecule has 5 nitrogen and oxygen atoms in total. The van der Waals surface area contributed by atoms with Crippen LogP contribution in [-0.2, 0) is 22.6 Å². The van der Waals surface area contributed by atoms with Crippen molar-refractivity contribution in [1.29, 1.82) is 0 Å². The molecule has 168 valence electrons. The van der Waals surface area contributed by atoms with E-state index in [-0.39, 0.29) is 25.0 Å². The number of hydrogen-bond acceptors (Lipinski definition) is 3. The van der Waals surface area contributed by atoms with Crippen LogP contribution in [0.15, 0.2) is 46.9 Å². The Balaban J connectivity index is 2.14. The number of aryl methyl sites for hydroxylation is 1. The number of carbonyl (C=O) groups is 2. The second kappa shape index (κ2) is 12.1. The zero-order valence-electron chi connectivity index (χ0n) is 18.5. The maximum absolute atomic E-state index is 13.1. The molecular formula is C24H30BrClN2O3. The van der Waals surface area contributed by atoms with Gasteiger partial charge in [0.05, 0.1) is 4.47 Å². The maximum atomic E-state index is 13.1. The van der Waals surface area contributed by atoms with Gasteiger partial charge in [0.1, 0.15) is 11.8 Å². The lowest BCUT2D eigenvalue weighted by Crippen LogP contribution is -2.49. The molecule has 2 aromatic rings. The van der Waals surface area contributed by atoms with Gasteiger partial charge in [-0.25, -0.2) is 0 Å². The van der Waals surface area contributed by atoms with Crippen molar-refractivity contribution >= 4 is 39.3 Å². The van der Waals surface area contributed by atoms with Crippen LogP contribution in [0.4, 0.5) is 0 Å². The Morgan fingerprint density at radius 2 is 1.74 bits per heavy atom. The average molecular weight is 510 g/mol. The number of hydrogen-bond donors (Lipinski definition) is 1. The zero-order chi connectivity index (χ0) is 23.0. The molecule has 1 atom stereocenters. The normalized spacial score (nSPS) is 11.8. The lowest BCUT2D eigenvalue weighted by atomic mass is 10.1. The van der Waals surface area contributed by atoms with E-state index in [2.05, 4.69) is 28.2 Å². The van der Waals surface area contributed by atoms with Crippen molar-refractivity contribution in [3.8, 4) is 5.75 Å². The number of halogens is 2. The van der Waals surface area contributed by atoms with E-state index in [1.165, 1.54) is 10.5 Å². The SMILES string of the molecule is CCc1ccc(OCC(=O)N(Cc2ccc(Cl)cc2)[C@H](C)C(=O)NCC(C)C)c(Br)c1. The molecule has 0 bridgehead atoms. The maximum Gasteiger partial charge on any atom is 0.261 e. The Morgan fingerprint density at radius 1 is 1.10 bits per heavy atom. The number of rotatable bonds is 10. The molecule has 0 radical (unpaired) electrons. The van der Waals surface area contributed by atoms with Crippen molar-refractivity contribution in [2.24, 2.45) is 5.92 Å². The van der Waals surface area contributed by atoms with Crippen molar-refractivity contribution in [2.45, 2.75) is 46.7 Å². The lowest BCUT2D eigenvalue weighted by molar-refractivity contribution is -0.142. The molecule has 1 N–H and O–H groups in total. The molecule has 0 aromatic heterocycles. The fourth-order valence-corrected chi connectivity index (χ4v) is 3.59. The van der Waals surface area contributed by atoms with Gasteiger partial charge in [-0.15, -0.1) is 0 Å². The first kappa shape index (κ1) is 25.2. The molecule has 0 heterocycles. The van der Waals surface area contributed by atoms with Crippen LogP contribution in [0.3, 0.4) is 0 Å². The van der Waals surface area contributed by atoms with E-state index >= 15 is 0 Å². The first-order valence-corrected chi connectivity index (χ1v) is 11.6. The summed E-state index contributed by atoms with van der Waals surface area (Å²) in [5.41, 5.74) is 2.06. The van der Waals surface area contributed by atoms with Gasteiger partial charge in [-0.05, 0) is 70.6 Å². The van der Waals surface area contributed by atoms with Gasteiger partial charge in [-0.3, -0.25) is 9.59 Å². The van der Waals surface area contributed by atoms with Crippen molar-refractivity contribution in [3.63, 3.8) is 0 Å². The molecule has 0 saturated carbocycles. The Morgan fingerprint density at radius 3 is 2.32 bits per heavy atom. The van der Waals surface area contributed by atoms with Crippen LogP contribution in [0.2, 0.25) is 5.02 Å². The molecule has 2 aromatic carbocycles. The quantitative estimate of drug-likeness (QED) is 0.477. The number of carbonyl (C=O) groups excluding carboxylic acids is 2. The summed E-state index contributed by atoms with van der Waals surface area (Å²) in [5.74, 6) is 0.454. The van der Waals surface area contributed by atoms with Crippen LogP contribution in [0.5, 0.6) is 5.75 Å². The predicted octanol–water partition coefficient (Wildman–Crippen LogP) is 5.23. The molecule has 0 aliphatic carbocycles. The van der Waals surface area contributed by atoms with E-state index in [1.54, 1.807) is 19.1 Å². The Bertz CT molecular complexity index is 887. The van der Waals surface area contributed by atoms with Crippen LogP contribution >= 0.6 is 27.5 Å². The third-order valence-corrected chi connectivity index (χ3v) is 5.75. The minimum Gasteiger partial charge on any atom is -0.483 e. The Kier molecular flexibility index (Phi) is 9.85. The van der Waals surface area contributed by atoms with Gasteiger partial charge in [0, 0.05) is 18.1 Å². The number of amides is 2. The lowest BCUT2D eigenvalue weighted by Gasteiger charge is -2.29. The molecule has 0 aliphatic rings. The monoisotopic (exact) mass is 508 g/mol. The summed E-state index contributed by atoms with van der Waals surface area (Å²) >= 11 is 9.47. The third kappa shape index (κ3) is 7.86. The van der Waals surface area contributed by atoms with Crippen molar-refractivity contribution < 1.29 is 14.3 Å². The Hall–Kier alpha value is -2.05. The fraction of sp³-hybridized carbons (Fsp3) is 0.417. The summed E-state index contributed by atoms with van der Waals surface area (Å²) in [6.07, 6.45) is 0.912. The van der Waals surface area contributed by atoms with Gasteiger partial charge in [-0.1, -0.05) is 50.6 Å². The number of nitrogens with one attached hydrogen (secondary N) is 1. The Labute approximate surface area is 198 Å². The summed E-state index contributed by atoms with van der Waals surface area (Å²) < 4.78 is 6.57. The highest BCUT2D eigenvalue weighted by molar-refractivity contribution is 9.10. The number of ether oxygens (including phenoxy) is 1. The minimum atomic E-state index is -0.642. The fourth-order valence-electron chi connectivity index (χ4n) is 2.93. The summed E-state index contributed by atoms with van der Waals surface area (Å²) in [6.45, 7) is 8.53. The topological polar surface area (TPSA) is 58.6 Å². The van der Waals surface area contributed by atoms with Crippen LogP contribution in [0, 0.1) is 5.92 Å². The smallest absolute Gasteiger partial charge is 0.261 e. The van der Waals surface area contributed by atoms with E-state index in [9.17, 15) is 9.59 Å². The largest absolute Gasteiger partial charge is 0.483 e. The molecule has 2 rings (SSSR count). The van der Waals surface area contributed by atoms with Gasteiger partial charge in [0.15, 0.2) is 6.61 Å². The van der Waals surface area contributed by atoms with Gasteiger partial charge in [0.25, 0.3) is 5.91 Å². The molecule has 0 saturated heterocycles. The molecule has 31 heavy (non-hydrogen) atoms. The first-order chi connectivity index (χ1) is 14.7. The van der Waals surface area contributed by atoms with Gasteiger partial charge in [-0.2, -0.15) is 0 Å². The van der Waals surface area contributed by atoms with Gasteiger partial charge < -0.3 is 15.0 Å². The summed E-state index contributed by atoms with van der Waals surface area (Å²) in [7, 11) is 0. The summed E-state index contributed by atoms with van der Waals surface area (Å²) in [5, 5.41) is 3.52. The molecule has 0 unspecified atom stereocenters. The third-order valence-electron chi connectivity index (χ3n) is 4.87. The van der Waals surface area contributed by atoms with Crippen LogP contribution in [0.1, 0.15) is 38.8 Å². The van der Waals surface area contributed by atoms with E-state index in [0.717, 1.165) is 16.5 Å². The molecule has 7 heteroatoms. The molecule has 2 amide bonds. The number of benzene rings is 2. The predicted molar refractivity (Wildman–Crippen MR) is 128 cm³/mol. The van der Waals surface area contributed by atoms with E-state index in [1.807, 2.05) is 44.2 Å². The van der Waals surface area contributed by atoms with Gasteiger partial charge in [0.2, 0.25) is 5.91 Å². The van der Waals surface area contributed by atoms with Crippen molar-refractivity contribution in [2.75, 3.05) is 13.2 Å². The summed E-state index contributed by atoms with van der Waals surface area (Å²) in [6, 6.07) is 12.4. The zero-order valence-corrected chi connectivity index (χ0v) is 20.8. The molecular weight excluding hydrogens is 480 g/mol. The van der Waals surface area contributed by atoms with E-state index in [0.29, 0.717) is 23.2 Å². The average Bonchev–Trinajstić information content (AvgIpc) is 2.75. The number of nitrogens with zero attached hydrogens (tertiary/aromatic N) is 1. The highest BCUT2D eigenvalue weighted by Crippen LogP contribution is 2.26.